The topological polar surface area (TPSA) is 49.0 Å². The zero-order valence-electron chi connectivity index (χ0n) is 12.4. The van der Waals surface area contributed by atoms with Crippen LogP contribution in [-0.4, -0.2) is 23.1 Å². The molecule has 0 atom stereocenters. The molecule has 19 heavy (non-hydrogen) atoms. The zero-order valence-corrected chi connectivity index (χ0v) is 12.4. The number of H-pyrrole nitrogens is 1. The van der Waals surface area contributed by atoms with Crippen molar-refractivity contribution in [2.45, 2.75) is 46.5 Å². The average molecular weight is 263 g/mol. The van der Waals surface area contributed by atoms with Crippen molar-refractivity contribution in [1.29, 1.82) is 0 Å². The zero-order chi connectivity index (χ0) is 14.0. The number of nitrogens with zero attached hydrogens (tertiary/aromatic N) is 2. The van der Waals surface area contributed by atoms with E-state index in [4.69, 9.17) is 0 Å². The van der Waals surface area contributed by atoms with Crippen LogP contribution in [0.1, 0.15) is 52.3 Å². The van der Waals surface area contributed by atoms with Gasteiger partial charge in [-0.25, -0.2) is 4.98 Å². The van der Waals surface area contributed by atoms with Gasteiger partial charge in [0.2, 0.25) is 0 Å². The highest BCUT2D eigenvalue weighted by atomic mass is 16.1. The summed E-state index contributed by atoms with van der Waals surface area (Å²) in [5.74, 6) is 3.31. The van der Waals surface area contributed by atoms with Crippen LogP contribution in [0.15, 0.2) is 10.9 Å². The minimum absolute atomic E-state index is 0.0237. The molecular weight excluding hydrogens is 238 g/mol. The lowest BCUT2D eigenvalue weighted by Crippen LogP contribution is -2.33. The second-order valence-corrected chi connectivity index (χ2v) is 6.46. The summed E-state index contributed by atoms with van der Waals surface area (Å²) in [5.41, 5.74) is -0.0237. The third-order valence-electron chi connectivity index (χ3n) is 3.21. The van der Waals surface area contributed by atoms with Crippen LogP contribution < -0.4 is 10.5 Å². The van der Waals surface area contributed by atoms with E-state index in [-0.39, 0.29) is 5.56 Å². The first-order valence-corrected chi connectivity index (χ1v) is 7.32. The number of nitrogens with one attached hydrogen (secondary N) is 1. The monoisotopic (exact) mass is 263 g/mol. The van der Waals surface area contributed by atoms with Crippen LogP contribution >= 0.6 is 0 Å². The molecule has 1 aromatic heterocycles. The molecule has 0 aromatic carbocycles. The summed E-state index contributed by atoms with van der Waals surface area (Å²) in [6.45, 7) is 10.7. The SMILES string of the molecule is CC(C)CN(CC(C)C)c1cc(=O)[nH]c(C2CC2)n1. The highest BCUT2D eigenvalue weighted by molar-refractivity contribution is 5.38. The fraction of sp³-hybridized carbons (Fsp3) is 0.733. The highest BCUT2D eigenvalue weighted by Gasteiger charge is 2.27. The van der Waals surface area contributed by atoms with Crippen molar-refractivity contribution in [3.63, 3.8) is 0 Å². The van der Waals surface area contributed by atoms with Gasteiger partial charge in [-0.1, -0.05) is 27.7 Å². The molecule has 1 N–H and O–H groups in total. The van der Waals surface area contributed by atoms with E-state index >= 15 is 0 Å². The van der Waals surface area contributed by atoms with E-state index in [1.807, 2.05) is 0 Å². The second kappa shape index (κ2) is 5.76. The van der Waals surface area contributed by atoms with Crippen molar-refractivity contribution in [2.75, 3.05) is 18.0 Å². The molecule has 0 bridgehead atoms. The third kappa shape index (κ3) is 4.08. The predicted octanol–water partition coefficient (Wildman–Crippen LogP) is 2.77. The van der Waals surface area contributed by atoms with Gasteiger partial charge in [-0.15, -0.1) is 0 Å². The van der Waals surface area contributed by atoms with Gasteiger partial charge in [-0.2, -0.15) is 0 Å². The van der Waals surface area contributed by atoms with Crippen LogP contribution in [0.3, 0.4) is 0 Å². The largest absolute Gasteiger partial charge is 0.356 e. The maximum atomic E-state index is 11.8. The van der Waals surface area contributed by atoms with E-state index in [1.54, 1.807) is 6.07 Å². The summed E-state index contributed by atoms with van der Waals surface area (Å²) in [7, 11) is 0. The van der Waals surface area contributed by atoms with Crippen molar-refractivity contribution in [3.05, 3.63) is 22.2 Å². The van der Waals surface area contributed by atoms with Gasteiger partial charge in [-0.05, 0) is 24.7 Å². The quantitative estimate of drug-likeness (QED) is 0.858. The van der Waals surface area contributed by atoms with Crippen LogP contribution in [0, 0.1) is 11.8 Å². The van der Waals surface area contributed by atoms with Gasteiger partial charge >= 0.3 is 0 Å². The molecule has 1 aliphatic rings. The Kier molecular flexibility index (Phi) is 4.27. The lowest BCUT2D eigenvalue weighted by molar-refractivity contribution is 0.547. The van der Waals surface area contributed by atoms with Gasteiger partial charge in [-0.3, -0.25) is 4.79 Å². The third-order valence-corrected chi connectivity index (χ3v) is 3.21. The number of anilines is 1. The minimum Gasteiger partial charge on any atom is -0.356 e. The Morgan fingerprint density at radius 3 is 2.32 bits per heavy atom. The lowest BCUT2D eigenvalue weighted by atomic mass is 10.1. The summed E-state index contributed by atoms with van der Waals surface area (Å²) in [6.07, 6.45) is 2.31. The van der Waals surface area contributed by atoms with Gasteiger partial charge in [0.1, 0.15) is 11.6 Å². The molecular formula is C15H25N3O. The van der Waals surface area contributed by atoms with Gasteiger partial charge in [0.15, 0.2) is 0 Å². The summed E-state index contributed by atoms with van der Waals surface area (Å²) in [4.78, 5) is 21.6. The van der Waals surface area contributed by atoms with Crippen molar-refractivity contribution in [1.82, 2.24) is 9.97 Å². The molecule has 2 rings (SSSR count). The fourth-order valence-corrected chi connectivity index (χ4v) is 2.32. The molecule has 1 fully saturated rings. The molecule has 0 spiro atoms. The molecule has 1 saturated carbocycles. The molecule has 1 aliphatic carbocycles. The maximum absolute atomic E-state index is 11.8. The Morgan fingerprint density at radius 1 is 1.26 bits per heavy atom. The molecule has 0 saturated heterocycles. The highest BCUT2D eigenvalue weighted by Crippen LogP contribution is 2.37. The van der Waals surface area contributed by atoms with Crippen LogP contribution in [-0.2, 0) is 0 Å². The van der Waals surface area contributed by atoms with E-state index in [2.05, 4.69) is 42.6 Å². The first kappa shape index (κ1) is 14.1. The first-order valence-electron chi connectivity index (χ1n) is 7.32. The Morgan fingerprint density at radius 2 is 1.84 bits per heavy atom. The number of rotatable bonds is 6. The minimum atomic E-state index is -0.0237. The second-order valence-electron chi connectivity index (χ2n) is 6.46. The first-order chi connectivity index (χ1) is 8.95. The molecule has 1 aromatic rings. The molecule has 0 amide bonds. The Balaban J connectivity index is 2.26. The number of hydrogen-bond acceptors (Lipinski definition) is 3. The normalized spacial score (nSPS) is 15.3. The predicted molar refractivity (Wildman–Crippen MR) is 78.7 cm³/mol. The Bertz CT molecular complexity index is 465. The van der Waals surface area contributed by atoms with Crippen LogP contribution in [0.5, 0.6) is 0 Å². The summed E-state index contributed by atoms with van der Waals surface area (Å²) in [5, 5.41) is 0. The van der Waals surface area contributed by atoms with Gasteiger partial charge in [0, 0.05) is 25.1 Å². The van der Waals surface area contributed by atoms with E-state index in [9.17, 15) is 4.79 Å². The van der Waals surface area contributed by atoms with Crippen molar-refractivity contribution in [2.24, 2.45) is 11.8 Å². The molecule has 0 aliphatic heterocycles. The fourth-order valence-electron chi connectivity index (χ4n) is 2.32. The molecule has 0 unspecified atom stereocenters. The lowest BCUT2D eigenvalue weighted by Gasteiger charge is -2.27. The summed E-state index contributed by atoms with van der Waals surface area (Å²) >= 11 is 0. The van der Waals surface area contributed by atoms with Crippen molar-refractivity contribution < 1.29 is 0 Å². The van der Waals surface area contributed by atoms with Crippen molar-refractivity contribution in [3.8, 4) is 0 Å². The van der Waals surface area contributed by atoms with Crippen molar-refractivity contribution >= 4 is 5.82 Å². The number of hydrogen-bond donors (Lipinski definition) is 1. The summed E-state index contributed by atoms with van der Waals surface area (Å²) < 4.78 is 0. The average Bonchev–Trinajstić information content (AvgIpc) is 3.09. The Labute approximate surface area is 115 Å². The molecule has 4 nitrogen and oxygen atoms in total. The Hall–Kier alpha value is -1.32. The van der Waals surface area contributed by atoms with Gasteiger partial charge < -0.3 is 9.88 Å². The van der Waals surface area contributed by atoms with E-state index in [1.165, 1.54) is 0 Å². The van der Waals surface area contributed by atoms with Crippen LogP contribution in [0.25, 0.3) is 0 Å². The van der Waals surface area contributed by atoms with E-state index < -0.39 is 0 Å². The molecule has 4 heteroatoms. The number of aromatic amines is 1. The summed E-state index contributed by atoms with van der Waals surface area (Å²) in [6, 6.07) is 1.64. The van der Waals surface area contributed by atoms with Crippen LogP contribution in [0.4, 0.5) is 5.82 Å². The molecule has 0 radical (unpaired) electrons. The molecule has 1 heterocycles. The van der Waals surface area contributed by atoms with Crippen LogP contribution in [0.2, 0.25) is 0 Å². The van der Waals surface area contributed by atoms with E-state index in [0.29, 0.717) is 17.8 Å². The maximum Gasteiger partial charge on any atom is 0.252 e. The van der Waals surface area contributed by atoms with Gasteiger partial charge in [0.25, 0.3) is 5.56 Å². The molecule has 106 valence electrons. The standard InChI is InChI=1S/C15H25N3O/c1-10(2)8-18(9-11(3)4)13-7-14(19)17-15(16-13)12-5-6-12/h7,10-12H,5-6,8-9H2,1-4H3,(H,16,17,19). The number of aromatic nitrogens is 2. The van der Waals surface area contributed by atoms with Gasteiger partial charge in [0.05, 0.1) is 0 Å². The van der Waals surface area contributed by atoms with E-state index in [0.717, 1.165) is 37.6 Å². The smallest absolute Gasteiger partial charge is 0.252 e.